The summed E-state index contributed by atoms with van der Waals surface area (Å²) in [5, 5.41) is 0. The van der Waals surface area contributed by atoms with Crippen LogP contribution in [0.2, 0.25) is 0 Å². The fourth-order valence-corrected chi connectivity index (χ4v) is 1.19. The molecule has 3 rings (SSSR count). The molecule has 3 fully saturated rings. The van der Waals surface area contributed by atoms with Gasteiger partial charge in [0.1, 0.15) is 5.67 Å². The van der Waals surface area contributed by atoms with E-state index in [1.54, 1.807) is 0 Å². The van der Waals surface area contributed by atoms with Crippen LogP contribution in [0.5, 0.6) is 0 Å². The third-order valence-electron chi connectivity index (χ3n) is 1.70. The zero-order valence-electron chi connectivity index (χ0n) is 3.50. The van der Waals surface area contributed by atoms with Gasteiger partial charge in [0.15, 0.2) is 0 Å². The molecule has 0 aliphatic heterocycles. The second kappa shape index (κ2) is 0.535. The van der Waals surface area contributed by atoms with Gasteiger partial charge in [0.25, 0.3) is 0 Å². The van der Waals surface area contributed by atoms with Crippen molar-refractivity contribution >= 4 is 0 Å². The summed E-state index contributed by atoms with van der Waals surface area (Å²) in [6, 6.07) is 0. The smallest absolute Gasteiger partial charge is 0.112 e. The molecule has 0 N–H and O–H groups in total. The van der Waals surface area contributed by atoms with Gasteiger partial charge in [0.2, 0.25) is 0 Å². The minimum atomic E-state index is -0.671. The van der Waals surface area contributed by atoms with E-state index < -0.39 is 5.67 Å². The van der Waals surface area contributed by atoms with Crippen LogP contribution < -0.4 is 0 Å². The van der Waals surface area contributed by atoms with E-state index in [0.29, 0.717) is 0 Å². The molecular formula is C5H6F. The summed E-state index contributed by atoms with van der Waals surface area (Å²) in [7, 11) is 0. The molecule has 3 aliphatic rings. The maximum Gasteiger partial charge on any atom is 0.112 e. The minimum absolute atomic E-state index is 0.671. The molecule has 0 unspecified atom stereocenters. The fourth-order valence-electron chi connectivity index (χ4n) is 1.19. The average Bonchev–Trinajstić information content (AvgIpc) is 1.24. The van der Waals surface area contributed by atoms with Gasteiger partial charge in [-0.2, -0.15) is 0 Å². The van der Waals surface area contributed by atoms with Gasteiger partial charge in [-0.3, -0.25) is 0 Å². The van der Waals surface area contributed by atoms with Crippen LogP contribution in [0.15, 0.2) is 0 Å². The molecule has 0 aromatic carbocycles. The monoisotopic (exact) mass is 85.0 g/mol. The van der Waals surface area contributed by atoms with Crippen LogP contribution in [-0.4, -0.2) is 5.67 Å². The second-order valence-electron chi connectivity index (χ2n) is 2.43. The molecule has 0 aromatic rings. The molecule has 2 bridgehead atoms. The van der Waals surface area contributed by atoms with E-state index in [4.69, 9.17) is 0 Å². The summed E-state index contributed by atoms with van der Waals surface area (Å²) in [5.74, 6) is 1.44. The molecule has 3 aliphatic carbocycles. The first-order valence-electron chi connectivity index (χ1n) is 2.31. The zero-order valence-corrected chi connectivity index (χ0v) is 3.50. The maximum absolute atomic E-state index is 12.2. The molecule has 0 aromatic heterocycles. The van der Waals surface area contributed by atoms with Gasteiger partial charge >= 0.3 is 0 Å². The lowest BCUT2D eigenvalue weighted by molar-refractivity contribution is -0.0202. The number of alkyl halides is 1. The molecule has 1 radical (unpaired) electrons. The topological polar surface area (TPSA) is 0 Å². The van der Waals surface area contributed by atoms with Gasteiger partial charge in [-0.15, -0.1) is 0 Å². The SMILES string of the molecule is FC12C[C](C1)C2. The first-order valence-corrected chi connectivity index (χ1v) is 2.31. The molecule has 0 amide bonds. The van der Waals surface area contributed by atoms with Crippen molar-refractivity contribution < 1.29 is 4.39 Å². The van der Waals surface area contributed by atoms with Crippen molar-refractivity contribution in [3.63, 3.8) is 0 Å². The van der Waals surface area contributed by atoms with E-state index in [-0.39, 0.29) is 0 Å². The summed E-state index contributed by atoms with van der Waals surface area (Å²) in [6.45, 7) is 0. The maximum atomic E-state index is 12.2. The van der Waals surface area contributed by atoms with Crippen LogP contribution in [0.25, 0.3) is 0 Å². The highest BCUT2D eigenvalue weighted by molar-refractivity contribution is 5.28. The van der Waals surface area contributed by atoms with Gasteiger partial charge in [0.05, 0.1) is 0 Å². The van der Waals surface area contributed by atoms with Crippen LogP contribution >= 0.6 is 0 Å². The van der Waals surface area contributed by atoms with Crippen molar-refractivity contribution in [1.29, 1.82) is 0 Å². The Morgan fingerprint density at radius 1 is 1.33 bits per heavy atom. The lowest BCUT2D eigenvalue weighted by Gasteiger charge is -2.54. The lowest BCUT2D eigenvalue weighted by atomic mass is 9.54. The number of hydrogen-bond donors (Lipinski definition) is 0. The van der Waals surface area contributed by atoms with Crippen LogP contribution in [0.1, 0.15) is 19.3 Å². The highest BCUT2D eigenvalue weighted by atomic mass is 19.1. The van der Waals surface area contributed by atoms with Gasteiger partial charge in [-0.1, -0.05) is 0 Å². The highest BCUT2D eigenvalue weighted by Gasteiger charge is 2.57. The van der Waals surface area contributed by atoms with Crippen molar-refractivity contribution in [2.45, 2.75) is 24.9 Å². The number of halogens is 1. The van der Waals surface area contributed by atoms with Crippen LogP contribution in [0.3, 0.4) is 0 Å². The van der Waals surface area contributed by atoms with Crippen molar-refractivity contribution in [3.8, 4) is 0 Å². The van der Waals surface area contributed by atoms with E-state index >= 15 is 0 Å². The second-order valence-corrected chi connectivity index (χ2v) is 2.43. The normalized spacial score (nSPS) is 37.5. The highest BCUT2D eigenvalue weighted by Crippen LogP contribution is 2.61. The summed E-state index contributed by atoms with van der Waals surface area (Å²) in [6.07, 6.45) is 2.40. The van der Waals surface area contributed by atoms with E-state index in [1.807, 2.05) is 0 Å². The summed E-state index contributed by atoms with van der Waals surface area (Å²) >= 11 is 0. The van der Waals surface area contributed by atoms with Crippen molar-refractivity contribution in [2.75, 3.05) is 0 Å². The van der Waals surface area contributed by atoms with Gasteiger partial charge < -0.3 is 0 Å². The molecule has 0 atom stereocenters. The number of rotatable bonds is 0. The minimum Gasteiger partial charge on any atom is -0.244 e. The van der Waals surface area contributed by atoms with Gasteiger partial charge in [-0.05, 0) is 25.2 Å². The Kier molecular flexibility index (Phi) is 0.268. The third kappa shape index (κ3) is 0.151. The van der Waals surface area contributed by atoms with Crippen LogP contribution in [-0.2, 0) is 0 Å². The van der Waals surface area contributed by atoms with Crippen LogP contribution in [0, 0.1) is 5.92 Å². The molecule has 3 saturated carbocycles. The molecule has 0 heterocycles. The van der Waals surface area contributed by atoms with E-state index in [2.05, 4.69) is 0 Å². The quantitative estimate of drug-likeness (QED) is 0.418. The predicted octanol–water partition coefficient (Wildman–Crippen LogP) is 1.47. The van der Waals surface area contributed by atoms with Crippen molar-refractivity contribution in [2.24, 2.45) is 0 Å². The Hall–Kier alpha value is -0.0700. The molecule has 1 heteroatoms. The van der Waals surface area contributed by atoms with Gasteiger partial charge in [0, 0.05) is 0 Å². The van der Waals surface area contributed by atoms with Gasteiger partial charge in [-0.25, -0.2) is 4.39 Å². The first kappa shape index (κ1) is 3.00. The standard InChI is InChI=1S/C5H6F/c6-5-1-4(2-5)3-5/h1-3H2. The van der Waals surface area contributed by atoms with Crippen molar-refractivity contribution in [3.05, 3.63) is 5.92 Å². The molecule has 0 nitrogen and oxygen atoms in total. The molecule has 0 spiro atoms. The zero-order chi connectivity index (χ0) is 4.20. The Morgan fingerprint density at radius 3 is 1.67 bits per heavy atom. The molecule has 33 valence electrons. The largest absolute Gasteiger partial charge is 0.244 e. The fraction of sp³-hybridized carbons (Fsp3) is 0.800. The number of hydrogen-bond acceptors (Lipinski definition) is 0. The third-order valence-corrected chi connectivity index (χ3v) is 1.70. The van der Waals surface area contributed by atoms with E-state index in [0.717, 1.165) is 19.3 Å². The molecule has 6 heavy (non-hydrogen) atoms. The van der Waals surface area contributed by atoms with E-state index in [9.17, 15) is 4.39 Å². The Labute approximate surface area is 36.4 Å². The predicted molar refractivity (Wildman–Crippen MR) is 20.9 cm³/mol. The first-order chi connectivity index (χ1) is 2.79. The molecule has 0 saturated heterocycles. The molecular weight excluding hydrogens is 79.1 g/mol. The van der Waals surface area contributed by atoms with E-state index in [1.165, 1.54) is 5.92 Å². The Balaban J connectivity index is 2.19. The summed E-state index contributed by atoms with van der Waals surface area (Å²) < 4.78 is 12.2. The lowest BCUT2D eigenvalue weighted by Crippen LogP contribution is -2.52. The Bertz CT molecular complexity index is 70.9. The summed E-state index contributed by atoms with van der Waals surface area (Å²) in [5.41, 5.74) is -0.671. The van der Waals surface area contributed by atoms with Crippen LogP contribution in [0.4, 0.5) is 4.39 Å². The average molecular weight is 85.1 g/mol. The Morgan fingerprint density at radius 2 is 1.67 bits per heavy atom. The van der Waals surface area contributed by atoms with Crippen molar-refractivity contribution in [1.82, 2.24) is 0 Å². The summed E-state index contributed by atoms with van der Waals surface area (Å²) in [4.78, 5) is 0.